The third kappa shape index (κ3) is 62.6. The van der Waals surface area contributed by atoms with Gasteiger partial charge in [-0.2, -0.15) is 0 Å². The van der Waals surface area contributed by atoms with Gasteiger partial charge in [-0.15, -0.1) is 0 Å². The molecule has 0 aromatic rings. The second-order valence-electron chi connectivity index (χ2n) is 25.5. The summed E-state index contributed by atoms with van der Waals surface area (Å²) in [6.07, 6.45) is 44.3. The van der Waals surface area contributed by atoms with Crippen molar-refractivity contribution < 1.29 is 80.2 Å². The first-order valence-electron chi connectivity index (χ1n) is 35.5. The van der Waals surface area contributed by atoms with Crippen LogP contribution in [-0.4, -0.2) is 96.7 Å². The van der Waals surface area contributed by atoms with E-state index >= 15 is 0 Å². The molecule has 0 radical (unpaired) electrons. The highest BCUT2D eigenvalue weighted by Crippen LogP contribution is 2.45. The summed E-state index contributed by atoms with van der Waals surface area (Å²) in [5.74, 6) is -0.603. The molecule has 87 heavy (non-hydrogen) atoms. The van der Waals surface area contributed by atoms with E-state index in [9.17, 15) is 43.2 Å². The van der Waals surface area contributed by atoms with Gasteiger partial charge in [0.25, 0.3) is 0 Å². The molecule has 0 saturated heterocycles. The van der Waals surface area contributed by atoms with Crippen molar-refractivity contribution in [1.29, 1.82) is 0 Å². The summed E-state index contributed by atoms with van der Waals surface area (Å²) in [6, 6.07) is 0. The Hall–Kier alpha value is -1.94. The average Bonchev–Trinajstić information content (AvgIpc) is 3.68. The molecular weight excluding hydrogens is 1150 g/mol. The fourth-order valence-corrected chi connectivity index (χ4v) is 11.8. The SMILES string of the molecule is CCCCCCCCCCCCC(=O)OC[C@H](COP(=O)(O)OC[C@H](O)COP(=O)(O)OC[C@@H](COC(=O)CCCCCCCCCCCCC(C)C)OC(=O)CCCCCCCCCCCCCC(C)C)OC(=O)CCCCCCCCCCCC. The number of unbranched alkanes of at least 4 members (excludes halogenated alkanes) is 37. The normalized spacial score (nSPS) is 14.2. The van der Waals surface area contributed by atoms with Gasteiger partial charge in [-0.05, 0) is 37.5 Å². The number of aliphatic hydroxyl groups excluding tert-OH is 1. The lowest BCUT2D eigenvalue weighted by Crippen LogP contribution is -2.30. The van der Waals surface area contributed by atoms with Gasteiger partial charge in [0.05, 0.1) is 26.4 Å². The van der Waals surface area contributed by atoms with Crippen molar-refractivity contribution in [3.8, 4) is 0 Å². The predicted octanol–water partition coefficient (Wildman–Crippen LogP) is 19.2. The number of carbonyl (C=O) groups excluding carboxylic acids is 4. The Labute approximate surface area is 530 Å². The maximum atomic E-state index is 13.0. The third-order valence-electron chi connectivity index (χ3n) is 15.7. The van der Waals surface area contributed by atoms with E-state index in [1.54, 1.807) is 0 Å². The smallest absolute Gasteiger partial charge is 0.462 e. The molecule has 2 unspecified atom stereocenters. The molecule has 0 aromatic heterocycles. The molecule has 3 N–H and O–H groups in total. The zero-order valence-electron chi connectivity index (χ0n) is 56.3. The molecule has 19 heteroatoms. The lowest BCUT2D eigenvalue weighted by Gasteiger charge is -2.21. The van der Waals surface area contributed by atoms with Crippen LogP contribution in [0.3, 0.4) is 0 Å². The molecular formula is C68H132O17P2. The Kier molecular flexibility index (Phi) is 59.0. The standard InChI is InChI=1S/C68H132O17P2/c1-7-9-11-13-15-17-26-32-38-44-50-65(70)78-56-63(84-67(72)52-46-40-34-27-18-16-14-12-10-8-2)58-82-86(74,75)80-54-62(69)55-81-87(76,77)83-59-64(57-79-66(71)51-45-39-33-28-23-22-25-31-37-43-49-61(5)6)85-68(73)53-47-41-35-29-21-19-20-24-30-36-42-48-60(3)4/h60-64,69H,7-59H2,1-6H3,(H,74,75)(H,76,77)/t62-,63+,64+/m0/s1. The number of phosphoric ester groups is 2. The number of ether oxygens (including phenoxy) is 4. The minimum absolute atomic E-state index is 0.106. The van der Waals surface area contributed by atoms with E-state index in [4.69, 9.17) is 37.0 Å². The Morgan fingerprint density at radius 2 is 0.529 bits per heavy atom. The average molecular weight is 1280 g/mol. The molecule has 516 valence electrons. The van der Waals surface area contributed by atoms with Gasteiger partial charge in [0.1, 0.15) is 19.3 Å². The van der Waals surface area contributed by atoms with Crippen LogP contribution in [0.5, 0.6) is 0 Å². The molecule has 0 aliphatic rings. The maximum Gasteiger partial charge on any atom is 0.472 e. The number of rotatable bonds is 67. The van der Waals surface area contributed by atoms with Crippen LogP contribution in [0, 0.1) is 11.8 Å². The minimum Gasteiger partial charge on any atom is -0.462 e. The van der Waals surface area contributed by atoms with Crippen molar-refractivity contribution in [2.24, 2.45) is 11.8 Å². The van der Waals surface area contributed by atoms with Gasteiger partial charge >= 0.3 is 39.5 Å². The molecule has 0 rings (SSSR count). The van der Waals surface area contributed by atoms with Gasteiger partial charge in [-0.1, -0.05) is 292 Å². The summed E-state index contributed by atoms with van der Waals surface area (Å²) in [5.41, 5.74) is 0. The van der Waals surface area contributed by atoms with Crippen LogP contribution in [0.1, 0.15) is 343 Å². The molecule has 0 aliphatic carbocycles. The van der Waals surface area contributed by atoms with Crippen molar-refractivity contribution in [1.82, 2.24) is 0 Å². The number of hydrogen-bond donors (Lipinski definition) is 3. The number of phosphoric acid groups is 2. The zero-order valence-corrected chi connectivity index (χ0v) is 58.1. The minimum atomic E-state index is -4.95. The molecule has 0 aromatic carbocycles. The monoisotopic (exact) mass is 1280 g/mol. The highest BCUT2D eigenvalue weighted by atomic mass is 31.2. The van der Waals surface area contributed by atoms with Crippen LogP contribution < -0.4 is 0 Å². The molecule has 0 heterocycles. The molecule has 17 nitrogen and oxygen atoms in total. The van der Waals surface area contributed by atoms with Crippen molar-refractivity contribution in [2.75, 3.05) is 39.6 Å². The van der Waals surface area contributed by atoms with Gasteiger partial charge in [0.2, 0.25) is 0 Å². The number of hydrogen-bond acceptors (Lipinski definition) is 15. The largest absolute Gasteiger partial charge is 0.472 e. The zero-order chi connectivity index (χ0) is 64.3. The van der Waals surface area contributed by atoms with Crippen LogP contribution in [0.15, 0.2) is 0 Å². The first kappa shape index (κ1) is 85.1. The summed E-state index contributed by atoms with van der Waals surface area (Å²) in [7, 11) is -9.89. The van der Waals surface area contributed by atoms with E-state index < -0.39 is 97.5 Å². The highest BCUT2D eigenvalue weighted by Gasteiger charge is 2.30. The van der Waals surface area contributed by atoms with Crippen LogP contribution >= 0.6 is 15.6 Å². The summed E-state index contributed by atoms with van der Waals surface area (Å²) in [4.78, 5) is 72.4. The molecule has 5 atom stereocenters. The molecule has 0 fully saturated rings. The van der Waals surface area contributed by atoms with E-state index in [1.807, 2.05) is 0 Å². The molecule has 0 saturated carbocycles. The van der Waals surface area contributed by atoms with E-state index in [0.29, 0.717) is 25.7 Å². The van der Waals surface area contributed by atoms with Crippen molar-refractivity contribution in [3.05, 3.63) is 0 Å². The van der Waals surface area contributed by atoms with Gasteiger partial charge in [0.15, 0.2) is 12.2 Å². The summed E-state index contributed by atoms with van der Waals surface area (Å²) >= 11 is 0. The Bertz CT molecular complexity index is 1700. The predicted molar refractivity (Wildman–Crippen MR) is 349 cm³/mol. The second kappa shape index (κ2) is 60.3. The summed E-state index contributed by atoms with van der Waals surface area (Å²) in [6.45, 7) is 9.51. The number of esters is 4. The van der Waals surface area contributed by atoms with Gasteiger partial charge < -0.3 is 33.8 Å². The first-order chi connectivity index (χ1) is 41.9. The number of aliphatic hydroxyl groups is 1. The first-order valence-corrected chi connectivity index (χ1v) is 38.5. The van der Waals surface area contributed by atoms with Crippen molar-refractivity contribution >= 4 is 39.5 Å². The Balaban J connectivity index is 5.24. The molecule has 0 amide bonds. The Morgan fingerprint density at radius 3 is 0.782 bits per heavy atom. The lowest BCUT2D eigenvalue weighted by atomic mass is 10.0. The molecule has 0 spiro atoms. The summed E-state index contributed by atoms with van der Waals surface area (Å²) in [5, 5.41) is 10.6. The van der Waals surface area contributed by atoms with E-state index in [1.165, 1.54) is 161 Å². The van der Waals surface area contributed by atoms with Gasteiger partial charge in [0, 0.05) is 25.7 Å². The van der Waals surface area contributed by atoms with E-state index in [-0.39, 0.29) is 25.7 Å². The van der Waals surface area contributed by atoms with Crippen LogP contribution in [0.4, 0.5) is 0 Å². The van der Waals surface area contributed by atoms with Crippen LogP contribution in [0.25, 0.3) is 0 Å². The fraction of sp³-hybridized carbons (Fsp3) is 0.941. The second-order valence-corrected chi connectivity index (χ2v) is 28.4. The maximum absolute atomic E-state index is 13.0. The van der Waals surface area contributed by atoms with Gasteiger partial charge in [-0.3, -0.25) is 37.3 Å². The number of carbonyl (C=O) groups is 4. The Morgan fingerprint density at radius 1 is 0.310 bits per heavy atom. The van der Waals surface area contributed by atoms with Crippen LogP contribution in [0.2, 0.25) is 0 Å². The fourth-order valence-electron chi connectivity index (χ4n) is 10.2. The quantitative estimate of drug-likeness (QED) is 0.0222. The van der Waals surface area contributed by atoms with Gasteiger partial charge in [-0.25, -0.2) is 9.13 Å². The highest BCUT2D eigenvalue weighted by molar-refractivity contribution is 7.47. The lowest BCUT2D eigenvalue weighted by molar-refractivity contribution is -0.161. The molecule has 0 aliphatic heterocycles. The molecule has 0 bridgehead atoms. The van der Waals surface area contributed by atoms with Crippen LogP contribution in [-0.2, 0) is 65.4 Å². The van der Waals surface area contributed by atoms with Crippen molar-refractivity contribution in [2.45, 2.75) is 362 Å². The topological polar surface area (TPSA) is 237 Å². The van der Waals surface area contributed by atoms with Crippen molar-refractivity contribution in [3.63, 3.8) is 0 Å². The van der Waals surface area contributed by atoms with E-state index in [0.717, 1.165) is 102 Å². The van der Waals surface area contributed by atoms with E-state index in [2.05, 4.69) is 41.5 Å². The summed E-state index contributed by atoms with van der Waals surface area (Å²) < 4.78 is 68.2. The third-order valence-corrected chi connectivity index (χ3v) is 17.6.